The van der Waals surface area contributed by atoms with Crippen LogP contribution in [-0.4, -0.2) is 55.2 Å². The summed E-state index contributed by atoms with van der Waals surface area (Å²) >= 11 is 1.18. The normalized spacial score (nSPS) is 20.7. The first-order valence-corrected chi connectivity index (χ1v) is 14.1. The molecule has 0 radical (unpaired) electrons. The molecule has 11 heteroatoms. The summed E-state index contributed by atoms with van der Waals surface area (Å²) in [7, 11) is -3.76. The van der Waals surface area contributed by atoms with Gasteiger partial charge in [-0.05, 0) is 85.6 Å². The molecule has 2 rings (SSSR count). The number of hydrogen-bond acceptors (Lipinski definition) is 8. The van der Waals surface area contributed by atoms with Gasteiger partial charge < -0.3 is 14.8 Å². The molecule has 0 aromatic heterocycles. The second kappa shape index (κ2) is 10.8. The number of hydrogen-bond donors (Lipinski definition) is 2. The zero-order chi connectivity index (χ0) is 26.7. The number of rotatable bonds is 7. The average molecular weight is 528 g/mol. The van der Waals surface area contributed by atoms with Crippen molar-refractivity contribution in [1.29, 1.82) is 0 Å². The molecule has 0 spiro atoms. The molecule has 0 saturated heterocycles. The standard InChI is InChI=1S/C24H37N3O6S2/c1-16-9-11-18(12-10-16)35(30,31)27-20(34-8)25-14-13-17-15-24(17,19(28)32-22(2,3)4)26-21(29)33-23(5,6)7/h9-12,17H,13-15H2,1-8H3,(H,25,27)(H,26,29)/t17-,24+/m0/s1. The molecule has 1 fully saturated rings. The van der Waals surface area contributed by atoms with Crippen molar-refractivity contribution in [2.75, 3.05) is 12.8 Å². The van der Waals surface area contributed by atoms with E-state index in [0.29, 0.717) is 12.8 Å². The largest absolute Gasteiger partial charge is 0.458 e. The molecule has 1 aliphatic carbocycles. The van der Waals surface area contributed by atoms with E-state index in [9.17, 15) is 18.0 Å². The van der Waals surface area contributed by atoms with E-state index in [1.165, 1.54) is 23.9 Å². The molecular formula is C24H37N3O6S2. The van der Waals surface area contributed by atoms with Gasteiger partial charge in [-0.3, -0.25) is 9.71 Å². The van der Waals surface area contributed by atoms with Gasteiger partial charge in [-0.25, -0.2) is 18.0 Å². The second-order valence-electron chi connectivity index (χ2n) is 10.6. The van der Waals surface area contributed by atoms with Gasteiger partial charge in [0.05, 0.1) is 4.90 Å². The predicted molar refractivity (Wildman–Crippen MR) is 138 cm³/mol. The Morgan fingerprint density at radius 3 is 2.17 bits per heavy atom. The average Bonchev–Trinajstić information content (AvgIpc) is 3.38. The van der Waals surface area contributed by atoms with Gasteiger partial charge in [0.25, 0.3) is 10.0 Å². The maximum Gasteiger partial charge on any atom is 0.408 e. The number of benzene rings is 1. The van der Waals surface area contributed by atoms with Crippen LogP contribution in [0.25, 0.3) is 0 Å². The Labute approximate surface area is 212 Å². The van der Waals surface area contributed by atoms with Crippen molar-refractivity contribution in [1.82, 2.24) is 10.0 Å². The first-order chi connectivity index (χ1) is 16.0. The summed E-state index contributed by atoms with van der Waals surface area (Å²) in [6.45, 7) is 12.7. The molecule has 1 aromatic rings. The van der Waals surface area contributed by atoms with Gasteiger partial charge in [-0.1, -0.05) is 29.5 Å². The van der Waals surface area contributed by atoms with Crippen molar-refractivity contribution in [2.45, 2.75) is 82.9 Å². The number of aliphatic imine (C=N–C) groups is 1. The van der Waals surface area contributed by atoms with E-state index in [1.807, 2.05) is 6.92 Å². The molecule has 1 aromatic carbocycles. The zero-order valence-corrected chi connectivity index (χ0v) is 23.4. The highest BCUT2D eigenvalue weighted by atomic mass is 32.2. The Morgan fingerprint density at radius 2 is 1.66 bits per heavy atom. The summed E-state index contributed by atoms with van der Waals surface area (Å²) in [5.74, 6) is -0.736. The minimum absolute atomic E-state index is 0.151. The third-order valence-electron chi connectivity index (χ3n) is 5.07. The number of nitrogens with one attached hydrogen (secondary N) is 2. The highest BCUT2D eigenvalue weighted by Crippen LogP contribution is 2.47. The third kappa shape index (κ3) is 8.71. The Bertz CT molecular complexity index is 1060. The number of carbonyl (C=O) groups excluding carboxylic acids is 2. The minimum atomic E-state index is -3.76. The lowest BCUT2D eigenvalue weighted by Crippen LogP contribution is -2.49. The number of amidine groups is 1. The molecular weight excluding hydrogens is 490 g/mol. The van der Waals surface area contributed by atoms with E-state index < -0.39 is 38.8 Å². The lowest BCUT2D eigenvalue weighted by atomic mass is 10.1. The monoisotopic (exact) mass is 527 g/mol. The highest BCUT2D eigenvalue weighted by Gasteiger charge is 2.63. The molecule has 2 N–H and O–H groups in total. The van der Waals surface area contributed by atoms with Gasteiger partial charge in [-0.15, -0.1) is 0 Å². The van der Waals surface area contributed by atoms with Crippen molar-refractivity contribution >= 4 is 39.0 Å². The van der Waals surface area contributed by atoms with E-state index in [1.54, 1.807) is 59.9 Å². The maximum atomic E-state index is 13.0. The lowest BCUT2D eigenvalue weighted by Gasteiger charge is -2.27. The fourth-order valence-electron chi connectivity index (χ4n) is 3.34. The summed E-state index contributed by atoms with van der Waals surface area (Å²) in [5, 5.41) is 2.96. The van der Waals surface area contributed by atoms with Crippen molar-refractivity contribution < 1.29 is 27.5 Å². The molecule has 196 valence electrons. The minimum Gasteiger partial charge on any atom is -0.458 e. The van der Waals surface area contributed by atoms with Crippen LogP contribution in [0.1, 0.15) is 59.9 Å². The molecule has 2 atom stereocenters. The summed E-state index contributed by atoms with van der Waals surface area (Å²) in [4.78, 5) is 29.9. The number of carbonyl (C=O) groups is 2. The molecule has 1 amide bonds. The van der Waals surface area contributed by atoms with Crippen LogP contribution in [0.4, 0.5) is 4.79 Å². The van der Waals surface area contributed by atoms with Gasteiger partial charge in [0.2, 0.25) is 0 Å². The van der Waals surface area contributed by atoms with Crippen LogP contribution in [0.15, 0.2) is 34.2 Å². The van der Waals surface area contributed by atoms with Crippen LogP contribution in [0, 0.1) is 12.8 Å². The van der Waals surface area contributed by atoms with E-state index in [4.69, 9.17) is 9.47 Å². The van der Waals surface area contributed by atoms with E-state index in [-0.39, 0.29) is 22.5 Å². The summed E-state index contributed by atoms with van der Waals surface area (Å²) in [6.07, 6.45) is 1.87. The Kier molecular flexibility index (Phi) is 8.92. The van der Waals surface area contributed by atoms with Crippen LogP contribution in [0.5, 0.6) is 0 Å². The van der Waals surface area contributed by atoms with Gasteiger partial charge in [0, 0.05) is 6.54 Å². The van der Waals surface area contributed by atoms with Crippen molar-refractivity contribution in [2.24, 2.45) is 10.9 Å². The predicted octanol–water partition coefficient (Wildman–Crippen LogP) is 4.01. The number of thioether (sulfide) groups is 1. The summed E-state index contributed by atoms with van der Waals surface area (Å²) < 4.78 is 38.7. The number of amides is 1. The number of esters is 1. The smallest absolute Gasteiger partial charge is 0.408 e. The molecule has 0 aliphatic heterocycles. The van der Waals surface area contributed by atoms with Gasteiger partial charge >= 0.3 is 12.1 Å². The first kappa shape index (κ1) is 29.0. The van der Waals surface area contributed by atoms with Crippen LogP contribution in [0.2, 0.25) is 0 Å². The first-order valence-electron chi connectivity index (χ1n) is 11.4. The quantitative estimate of drug-likeness (QED) is 0.312. The maximum absolute atomic E-state index is 13.0. The molecule has 9 nitrogen and oxygen atoms in total. The third-order valence-corrected chi connectivity index (χ3v) is 7.17. The van der Waals surface area contributed by atoms with Crippen LogP contribution in [-0.2, 0) is 24.3 Å². The van der Waals surface area contributed by atoms with E-state index >= 15 is 0 Å². The van der Waals surface area contributed by atoms with E-state index in [2.05, 4.69) is 15.0 Å². The van der Waals surface area contributed by atoms with Crippen LogP contribution >= 0.6 is 11.8 Å². The van der Waals surface area contributed by atoms with Gasteiger partial charge in [0.1, 0.15) is 16.7 Å². The Balaban J connectivity index is 2.08. The molecule has 0 bridgehead atoms. The molecule has 1 saturated carbocycles. The summed E-state index contributed by atoms with van der Waals surface area (Å²) in [6, 6.07) is 6.53. The van der Waals surface area contributed by atoms with Crippen molar-refractivity contribution in [3.05, 3.63) is 29.8 Å². The fourth-order valence-corrected chi connectivity index (χ4v) is 5.13. The van der Waals surface area contributed by atoms with Crippen LogP contribution in [0.3, 0.4) is 0 Å². The molecule has 1 aliphatic rings. The molecule has 0 heterocycles. The van der Waals surface area contributed by atoms with Gasteiger partial charge in [-0.2, -0.15) is 0 Å². The highest BCUT2D eigenvalue weighted by molar-refractivity contribution is 8.14. The van der Waals surface area contributed by atoms with Crippen molar-refractivity contribution in [3.8, 4) is 0 Å². The number of ether oxygens (including phenoxy) is 2. The van der Waals surface area contributed by atoms with Gasteiger partial charge in [0.15, 0.2) is 5.17 Å². The summed E-state index contributed by atoms with van der Waals surface area (Å²) in [5.41, 5.74) is -1.66. The number of alkyl carbamates (subject to hydrolysis) is 1. The SMILES string of the molecule is CSC(=NCC[C@H]1C[C@]1(NC(=O)OC(C)(C)C)C(=O)OC(C)(C)C)NS(=O)(=O)c1ccc(C)cc1. The topological polar surface area (TPSA) is 123 Å². The lowest BCUT2D eigenvalue weighted by molar-refractivity contribution is -0.159. The fraction of sp³-hybridized carbons (Fsp3) is 0.625. The Hall–Kier alpha value is -2.27. The Morgan fingerprint density at radius 1 is 1.09 bits per heavy atom. The van der Waals surface area contributed by atoms with Crippen molar-refractivity contribution in [3.63, 3.8) is 0 Å². The second-order valence-corrected chi connectivity index (χ2v) is 13.1. The number of aryl methyl sites for hydroxylation is 1. The van der Waals surface area contributed by atoms with E-state index in [0.717, 1.165) is 5.56 Å². The molecule has 35 heavy (non-hydrogen) atoms. The zero-order valence-electron chi connectivity index (χ0n) is 21.7. The molecule has 0 unspecified atom stereocenters. The number of nitrogens with zero attached hydrogens (tertiary/aromatic N) is 1. The number of sulfonamides is 1. The van der Waals surface area contributed by atoms with Crippen LogP contribution < -0.4 is 10.0 Å².